The van der Waals surface area contributed by atoms with Gasteiger partial charge in [0, 0.05) is 24.9 Å². The molecule has 0 saturated heterocycles. The highest BCUT2D eigenvalue weighted by atomic mass is 79.9. The molecule has 4 aromatic rings. The number of nitrogens with two attached hydrogens (primary N) is 1. The number of imidazole rings is 1. The number of aromatic nitrogens is 4. The van der Waals surface area contributed by atoms with Gasteiger partial charge in [-0.05, 0) is 40.2 Å². The van der Waals surface area contributed by atoms with Gasteiger partial charge in [-0.3, -0.25) is 4.79 Å². The molecule has 0 fully saturated rings. The van der Waals surface area contributed by atoms with Crippen molar-refractivity contribution in [3.8, 4) is 0 Å². The molecule has 1 atom stereocenters. The molecule has 7 nitrogen and oxygen atoms in total. The predicted octanol–water partition coefficient (Wildman–Crippen LogP) is 3.65. The lowest BCUT2D eigenvalue weighted by Crippen LogP contribution is -2.41. The summed E-state index contributed by atoms with van der Waals surface area (Å²) in [6.07, 6.45) is 3.69. The molecule has 4 heterocycles. The molecule has 0 spiro atoms. The minimum absolute atomic E-state index is 0.194. The van der Waals surface area contributed by atoms with Crippen LogP contribution in [0.2, 0.25) is 0 Å². The zero-order valence-corrected chi connectivity index (χ0v) is 18.2. The van der Waals surface area contributed by atoms with Crippen molar-refractivity contribution < 1.29 is 4.79 Å². The molecule has 3 aromatic heterocycles. The first-order valence-corrected chi connectivity index (χ1v) is 11.0. The zero-order valence-electron chi connectivity index (χ0n) is 15.7. The number of rotatable bonds is 3. The summed E-state index contributed by atoms with van der Waals surface area (Å²) in [5.74, 6) is -0.194. The summed E-state index contributed by atoms with van der Waals surface area (Å²) in [5.41, 5.74) is 9.52. The Balaban J connectivity index is 1.60. The second-order valence-corrected chi connectivity index (χ2v) is 8.74. The van der Waals surface area contributed by atoms with Crippen molar-refractivity contribution in [2.75, 3.05) is 6.54 Å². The summed E-state index contributed by atoms with van der Waals surface area (Å²) < 4.78 is 1.72. The lowest BCUT2D eigenvalue weighted by molar-refractivity contribution is -0.127. The third-order valence-corrected chi connectivity index (χ3v) is 6.65. The molecule has 1 amide bonds. The standard InChI is InChI=1S/C21H17BrN6OS/c22-17-7-3-5-13(26-17)12(10-23)21(29)28-9-8-15-18(25-11-24-15)19(28)20-27-14-4-1-2-6-16(14)30-20/h1-7,10-11,19H,8-9,23H2,(H,24,25)/t19-/m0/s1. The van der Waals surface area contributed by atoms with Gasteiger partial charge in [-0.2, -0.15) is 0 Å². The number of nitrogens with one attached hydrogen (secondary N) is 1. The van der Waals surface area contributed by atoms with Crippen LogP contribution in [0.3, 0.4) is 0 Å². The van der Waals surface area contributed by atoms with Crippen molar-refractivity contribution in [2.24, 2.45) is 5.73 Å². The highest BCUT2D eigenvalue weighted by Gasteiger charge is 2.37. The van der Waals surface area contributed by atoms with E-state index in [1.54, 1.807) is 28.6 Å². The van der Waals surface area contributed by atoms with Gasteiger partial charge in [-0.15, -0.1) is 11.3 Å². The van der Waals surface area contributed by atoms with E-state index in [4.69, 9.17) is 10.7 Å². The molecule has 0 unspecified atom stereocenters. The molecular weight excluding hydrogens is 464 g/mol. The van der Waals surface area contributed by atoms with E-state index in [1.807, 2.05) is 36.4 Å². The van der Waals surface area contributed by atoms with Crippen LogP contribution < -0.4 is 5.73 Å². The number of hydrogen-bond acceptors (Lipinski definition) is 6. The Hall–Kier alpha value is -3.04. The first kappa shape index (κ1) is 19.0. The van der Waals surface area contributed by atoms with E-state index in [9.17, 15) is 4.79 Å². The Morgan fingerprint density at radius 2 is 2.10 bits per heavy atom. The summed E-state index contributed by atoms with van der Waals surface area (Å²) >= 11 is 4.94. The molecular formula is C21H17BrN6OS. The monoisotopic (exact) mass is 480 g/mol. The van der Waals surface area contributed by atoms with Crippen molar-refractivity contribution in [3.05, 3.63) is 81.7 Å². The van der Waals surface area contributed by atoms with Crippen LogP contribution in [0.15, 0.2) is 59.6 Å². The zero-order chi connectivity index (χ0) is 20.7. The van der Waals surface area contributed by atoms with E-state index < -0.39 is 0 Å². The average Bonchev–Trinajstić information content (AvgIpc) is 3.40. The third-order valence-electron chi connectivity index (χ3n) is 5.12. The number of H-pyrrole nitrogens is 1. The van der Waals surface area contributed by atoms with Crippen molar-refractivity contribution in [2.45, 2.75) is 12.5 Å². The van der Waals surface area contributed by atoms with Crippen LogP contribution >= 0.6 is 27.3 Å². The molecule has 9 heteroatoms. The number of aromatic amines is 1. The van der Waals surface area contributed by atoms with E-state index in [2.05, 4.69) is 30.9 Å². The van der Waals surface area contributed by atoms with Crippen molar-refractivity contribution >= 4 is 49.0 Å². The summed E-state index contributed by atoms with van der Waals surface area (Å²) in [6, 6.07) is 13.0. The van der Waals surface area contributed by atoms with E-state index in [0.29, 0.717) is 28.8 Å². The van der Waals surface area contributed by atoms with Gasteiger partial charge in [-0.1, -0.05) is 18.2 Å². The summed E-state index contributed by atoms with van der Waals surface area (Å²) in [6.45, 7) is 0.528. The molecule has 0 bridgehead atoms. The number of hydrogen-bond donors (Lipinski definition) is 2. The Kier molecular flexibility index (Phi) is 4.84. The second kappa shape index (κ2) is 7.66. The van der Waals surface area contributed by atoms with Gasteiger partial charge in [0.2, 0.25) is 0 Å². The lowest BCUT2D eigenvalue weighted by atomic mass is 10.0. The van der Waals surface area contributed by atoms with Gasteiger partial charge < -0.3 is 15.6 Å². The normalized spacial score (nSPS) is 16.6. The lowest BCUT2D eigenvalue weighted by Gasteiger charge is -2.34. The molecule has 0 saturated carbocycles. The van der Waals surface area contributed by atoms with Gasteiger partial charge in [-0.25, -0.2) is 15.0 Å². The van der Waals surface area contributed by atoms with Crippen LogP contribution in [-0.4, -0.2) is 37.3 Å². The maximum atomic E-state index is 13.6. The largest absolute Gasteiger partial charge is 0.404 e. The summed E-state index contributed by atoms with van der Waals surface area (Å²) in [7, 11) is 0. The highest BCUT2D eigenvalue weighted by molar-refractivity contribution is 9.10. The van der Waals surface area contributed by atoms with Gasteiger partial charge >= 0.3 is 0 Å². The average molecular weight is 481 g/mol. The molecule has 1 aliphatic rings. The Morgan fingerprint density at radius 1 is 1.23 bits per heavy atom. The Morgan fingerprint density at radius 3 is 2.90 bits per heavy atom. The van der Waals surface area contributed by atoms with Crippen LogP contribution in [0.1, 0.15) is 28.1 Å². The number of halogens is 1. The van der Waals surface area contributed by atoms with E-state index in [-0.39, 0.29) is 11.9 Å². The SMILES string of the molecule is NC=C(C(=O)N1CCc2[nH]cnc2[C@H]1c1nc2ccccc2s1)c1cccc(Br)n1. The number of nitrogens with zero attached hydrogens (tertiary/aromatic N) is 4. The third kappa shape index (κ3) is 3.20. The van der Waals surface area contributed by atoms with Crippen molar-refractivity contribution in [3.63, 3.8) is 0 Å². The first-order valence-electron chi connectivity index (χ1n) is 9.39. The van der Waals surface area contributed by atoms with Crippen molar-refractivity contribution in [1.29, 1.82) is 0 Å². The molecule has 0 aliphatic carbocycles. The minimum atomic E-state index is -0.382. The highest BCUT2D eigenvalue weighted by Crippen LogP contribution is 2.38. The number of carbonyl (C=O) groups is 1. The van der Waals surface area contributed by atoms with Gasteiger partial charge in [0.15, 0.2) is 0 Å². The number of fused-ring (bicyclic) bond motifs is 2. The topological polar surface area (TPSA) is 101 Å². The van der Waals surface area contributed by atoms with Crippen LogP contribution in [-0.2, 0) is 11.2 Å². The number of para-hydroxylation sites is 1. The maximum Gasteiger partial charge on any atom is 0.258 e. The summed E-state index contributed by atoms with van der Waals surface area (Å²) in [4.78, 5) is 32.4. The number of benzene rings is 1. The van der Waals surface area contributed by atoms with Gasteiger partial charge in [0.05, 0.1) is 33.5 Å². The van der Waals surface area contributed by atoms with Gasteiger partial charge in [0.25, 0.3) is 5.91 Å². The smallest absolute Gasteiger partial charge is 0.258 e. The van der Waals surface area contributed by atoms with E-state index in [1.165, 1.54) is 6.20 Å². The van der Waals surface area contributed by atoms with Crippen LogP contribution in [0, 0.1) is 0 Å². The Labute approximate surface area is 184 Å². The fraction of sp³-hybridized carbons (Fsp3) is 0.143. The maximum absolute atomic E-state index is 13.6. The van der Waals surface area contributed by atoms with Crippen LogP contribution in [0.25, 0.3) is 15.8 Å². The molecule has 30 heavy (non-hydrogen) atoms. The fourth-order valence-electron chi connectivity index (χ4n) is 3.73. The summed E-state index contributed by atoms with van der Waals surface area (Å²) in [5, 5.41) is 0.830. The second-order valence-electron chi connectivity index (χ2n) is 6.86. The molecule has 0 radical (unpaired) electrons. The minimum Gasteiger partial charge on any atom is -0.404 e. The van der Waals surface area contributed by atoms with E-state index >= 15 is 0 Å². The number of pyridine rings is 1. The van der Waals surface area contributed by atoms with Gasteiger partial charge in [0.1, 0.15) is 15.7 Å². The number of carbonyl (C=O) groups excluding carboxylic acids is 1. The van der Waals surface area contributed by atoms with Crippen LogP contribution in [0.4, 0.5) is 0 Å². The molecule has 5 rings (SSSR count). The van der Waals surface area contributed by atoms with Crippen molar-refractivity contribution in [1.82, 2.24) is 24.8 Å². The predicted molar refractivity (Wildman–Crippen MR) is 120 cm³/mol. The van der Waals surface area contributed by atoms with E-state index in [0.717, 1.165) is 26.6 Å². The quantitative estimate of drug-likeness (QED) is 0.344. The molecule has 150 valence electrons. The number of thiazole rings is 1. The van der Waals surface area contributed by atoms with Crippen LogP contribution in [0.5, 0.6) is 0 Å². The first-order chi connectivity index (χ1) is 14.7. The Bertz CT molecular complexity index is 1250. The molecule has 3 N–H and O–H groups in total. The number of amides is 1. The fourth-order valence-corrected chi connectivity index (χ4v) is 5.16. The molecule has 1 aromatic carbocycles. The molecule has 1 aliphatic heterocycles.